The first-order chi connectivity index (χ1) is 17.1. The van der Waals surface area contributed by atoms with E-state index < -0.39 is 0 Å². The molecule has 1 aliphatic rings. The van der Waals surface area contributed by atoms with Crippen molar-refractivity contribution in [2.75, 3.05) is 36.0 Å². The van der Waals surface area contributed by atoms with Crippen LogP contribution in [0.15, 0.2) is 36.4 Å². The highest BCUT2D eigenvalue weighted by atomic mass is 16.5. The van der Waals surface area contributed by atoms with Gasteiger partial charge in [-0.2, -0.15) is 15.2 Å². The van der Waals surface area contributed by atoms with Crippen LogP contribution in [0.25, 0.3) is 10.8 Å². The Bertz CT molecular complexity index is 1190. The molecule has 1 aromatic heterocycles. The van der Waals surface area contributed by atoms with Crippen LogP contribution >= 0.6 is 0 Å². The number of aromatic nitrogens is 2. The van der Waals surface area contributed by atoms with E-state index in [0.29, 0.717) is 25.6 Å². The molecular weight excluding hydrogens is 438 g/mol. The number of rotatable bonds is 11. The second-order valence-electron chi connectivity index (χ2n) is 9.01. The second-order valence-corrected chi connectivity index (χ2v) is 9.01. The van der Waals surface area contributed by atoms with E-state index in [1.54, 1.807) is 6.07 Å². The zero-order chi connectivity index (χ0) is 24.6. The third-order valence-electron chi connectivity index (χ3n) is 6.57. The molecule has 2 aromatic carbocycles. The molecule has 0 saturated carbocycles. The molecule has 0 atom stereocenters. The highest BCUT2D eigenvalue weighted by Crippen LogP contribution is 2.36. The molecule has 3 aromatic rings. The van der Waals surface area contributed by atoms with E-state index in [4.69, 9.17) is 20.0 Å². The third-order valence-corrected chi connectivity index (χ3v) is 6.57. The van der Waals surface area contributed by atoms with Gasteiger partial charge in [0.25, 0.3) is 0 Å². The molecule has 0 amide bonds. The summed E-state index contributed by atoms with van der Waals surface area (Å²) in [5.74, 6) is 1.20. The molecule has 0 unspecified atom stereocenters. The van der Waals surface area contributed by atoms with Gasteiger partial charge < -0.3 is 19.6 Å². The van der Waals surface area contributed by atoms with Crippen molar-refractivity contribution in [3.05, 3.63) is 47.7 Å². The minimum atomic E-state index is 0.266. The van der Waals surface area contributed by atoms with Crippen LogP contribution in [0.5, 0.6) is 11.8 Å². The van der Waals surface area contributed by atoms with Gasteiger partial charge in [0.1, 0.15) is 11.6 Å². The summed E-state index contributed by atoms with van der Waals surface area (Å²) in [7, 11) is 0. The van der Waals surface area contributed by atoms with Gasteiger partial charge in [-0.25, -0.2) is 0 Å². The Morgan fingerprint density at radius 3 is 2.80 bits per heavy atom. The first kappa shape index (κ1) is 24.6. The van der Waals surface area contributed by atoms with E-state index in [0.717, 1.165) is 85.3 Å². The molecule has 0 aliphatic carbocycles. The first-order valence-corrected chi connectivity index (χ1v) is 12.8. The summed E-state index contributed by atoms with van der Waals surface area (Å²) < 4.78 is 6.01. The van der Waals surface area contributed by atoms with Gasteiger partial charge in [0.05, 0.1) is 24.9 Å². The molecule has 0 fully saturated rings. The summed E-state index contributed by atoms with van der Waals surface area (Å²) in [5, 5.41) is 21.5. The SMILES string of the molecule is CCCCCOc1nc2c(c(N(CC)CCCC#N)n1)CCN(c1cc(O)cc3ccccc13)C2. The maximum absolute atomic E-state index is 10.4. The Hall–Kier alpha value is -3.53. The number of nitrogens with zero attached hydrogens (tertiary/aromatic N) is 5. The van der Waals surface area contributed by atoms with Crippen LogP contribution in [-0.2, 0) is 13.0 Å². The molecule has 184 valence electrons. The fourth-order valence-corrected chi connectivity index (χ4v) is 4.74. The number of fused-ring (bicyclic) bond motifs is 2. The summed E-state index contributed by atoms with van der Waals surface area (Å²) in [6, 6.07) is 14.5. The van der Waals surface area contributed by atoms with Gasteiger partial charge in [-0.05, 0) is 37.6 Å². The maximum Gasteiger partial charge on any atom is 0.318 e. The van der Waals surface area contributed by atoms with Crippen LogP contribution in [0.4, 0.5) is 11.5 Å². The lowest BCUT2D eigenvalue weighted by molar-refractivity contribution is 0.281. The van der Waals surface area contributed by atoms with Crippen molar-refractivity contribution in [2.24, 2.45) is 0 Å². The topological polar surface area (TPSA) is 85.5 Å². The van der Waals surface area contributed by atoms with Crippen molar-refractivity contribution in [3.63, 3.8) is 0 Å². The van der Waals surface area contributed by atoms with Crippen molar-refractivity contribution in [1.82, 2.24) is 9.97 Å². The highest BCUT2D eigenvalue weighted by Gasteiger charge is 2.26. The van der Waals surface area contributed by atoms with Gasteiger partial charge in [0.15, 0.2) is 0 Å². The number of unbranched alkanes of at least 4 members (excludes halogenated alkanes) is 3. The summed E-state index contributed by atoms with van der Waals surface area (Å²) >= 11 is 0. The van der Waals surface area contributed by atoms with Crippen LogP contribution in [0.2, 0.25) is 0 Å². The lowest BCUT2D eigenvalue weighted by atomic mass is 10.0. The van der Waals surface area contributed by atoms with Gasteiger partial charge in [0.2, 0.25) is 0 Å². The van der Waals surface area contributed by atoms with E-state index in [1.807, 2.05) is 24.3 Å². The molecular formula is C28H35N5O2. The van der Waals surface area contributed by atoms with E-state index >= 15 is 0 Å². The number of nitriles is 1. The van der Waals surface area contributed by atoms with Gasteiger partial charge in [0, 0.05) is 48.8 Å². The van der Waals surface area contributed by atoms with Crippen LogP contribution < -0.4 is 14.5 Å². The Morgan fingerprint density at radius 1 is 1.14 bits per heavy atom. The van der Waals surface area contributed by atoms with E-state index in [2.05, 4.69) is 35.8 Å². The molecule has 0 saturated heterocycles. The van der Waals surface area contributed by atoms with Crippen molar-refractivity contribution < 1.29 is 9.84 Å². The Balaban J connectivity index is 1.68. The molecule has 1 aliphatic heterocycles. The number of ether oxygens (including phenoxy) is 1. The van der Waals surface area contributed by atoms with Crippen LogP contribution in [-0.4, -0.2) is 41.3 Å². The van der Waals surface area contributed by atoms with Gasteiger partial charge in [-0.1, -0.05) is 44.0 Å². The summed E-state index contributed by atoms with van der Waals surface area (Å²) in [6.45, 7) is 7.93. The predicted molar refractivity (Wildman–Crippen MR) is 140 cm³/mol. The zero-order valence-electron chi connectivity index (χ0n) is 20.8. The summed E-state index contributed by atoms with van der Waals surface area (Å²) in [6.07, 6.45) is 5.37. The van der Waals surface area contributed by atoms with Crippen molar-refractivity contribution in [2.45, 2.75) is 58.9 Å². The fraction of sp³-hybridized carbons (Fsp3) is 0.464. The van der Waals surface area contributed by atoms with Crippen LogP contribution in [0.1, 0.15) is 57.2 Å². The lowest BCUT2D eigenvalue weighted by Gasteiger charge is -2.34. The van der Waals surface area contributed by atoms with Crippen LogP contribution in [0, 0.1) is 11.3 Å². The normalized spacial score (nSPS) is 12.9. The molecule has 7 nitrogen and oxygen atoms in total. The maximum atomic E-state index is 10.4. The number of hydrogen-bond acceptors (Lipinski definition) is 7. The standard InChI is InChI=1S/C28H35N5O2/c1-3-5-10-17-35-28-30-25-20-33(26-19-22(34)18-21-11-6-7-12-23(21)26)16-13-24(25)27(31-28)32(4-2)15-9-8-14-29/h6-7,11-12,18-19,34H,3-5,8-10,13,15-17,20H2,1-2H3. The quantitative estimate of drug-likeness (QED) is 0.363. The average molecular weight is 474 g/mol. The van der Waals surface area contributed by atoms with Crippen molar-refractivity contribution >= 4 is 22.3 Å². The molecule has 4 rings (SSSR count). The second kappa shape index (κ2) is 11.7. The van der Waals surface area contributed by atoms with Gasteiger partial charge >= 0.3 is 6.01 Å². The number of phenolic OH excluding ortho intramolecular Hbond substituents is 1. The Kier molecular flexibility index (Phi) is 8.25. The van der Waals surface area contributed by atoms with E-state index in [-0.39, 0.29) is 5.75 Å². The molecule has 0 bridgehead atoms. The molecule has 1 N–H and O–H groups in total. The number of phenols is 1. The number of aromatic hydroxyl groups is 1. The molecule has 0 radical (unpaired) electrons. The third kappa shape index (κ3) is 5.76. The average Bonchev–Trinajstić information content (AvgIpc) is 2.88. The fourth-order valence-electron chi connectivity index (χ4n) is 4.74. The highest BCUT2D eigenvalue weighted by molar-refractivity contribution is 5.95. The number of anilines is 2. The summed E-state index contributed by atoms with van der Waals surface area (Å²) in [5.41, 5.74) is 3.14. The van der Waals surface area contributed by atoms with Gasteiger partial charge in [-0.3, -0.25) is 0 Å². The molecule has 0 spiro atoms. The minimum absolute atomic E-state index is 0.266. The Morgan fingerprint density at radius 2 is 2.00 bits per heavy atom. The van der Waals surface area contributed by atoms with E-state index in [1.165, 1.54) is 0 Å². The smallest absolute Gasteiger partial charge is 0.318 e. The summed E-state index contributed by atoms with van der Waals surface area (Å²) in [4.78, 5) is 14.2. The number of hydrogen-bond donors (Lipinski definition) is 1. The largest absolute Gasteiger partial charge is 0.508 e. The molecule has 2 heterocycles. The van der Waals surface area contributed by atoms with Crippen molar-refractivity contribution in [3.8, 4) is 17.8 Å². The molecule has 35 heavy (non-hydrogen) atoms. The van der Waals surface area contributed by atoms with E-state index in [9.17, 15) is 5.11 Å². The monoisotopic (exact) mass is 473 g/mol. The minimum Gasteiger partial charge on any atom is -0.508 e. The predicted octanol–water partition coefficient (Wildman–Crippen LogP) is 5.60. The Labute approximate surface area is 208 Å². The number of benzene rings is 2. The lowest BCUT2D eigenvalue weighted by Crippen LogP contribution is -2.34. The van der Waals surface area contributed by atoms with Crippen LogP contribution in [0.3, 0.4) is 0 Å². The zero-order valence-corrected chi connectivity index (χ0v) is 20.8. The molecule has 7 heteroatoms. The van der Waals surface area contributed by atoms with Gasteiger partial charge in [-0.15, -0.1) is 0 Å². The first-order valence-electron chi connectivity index (χ1n) is 12.8. The van der Waals surface area contributed by atoms with Crippen molar-refractivity contribution in [1.29, 1.82) is 5.26 Å².